The maximum Gasteiger partial charge on any atom is 0.163 e. The zero-order valence-electron chi connectivity index (χ0n) is 7.72. The van der Waals surface area contributed by atoms with Gasteiger partial charge in [0.1, 0.15) is 0 Å². The molecule has 0 saturated heterocycles. The summed E-state index contributed by atoms with van der Waals surface area (Å²) in [6.45, 7) is 2.07. The lowest BCUT2D eigenvalue weighted by atomic mass is 10.0. The molecule has 1 aromatic rings. The highest BCUT2D eigenvalue weighted by atomic mass is 79.9. The van der Waals surface area contributed by atoms with Crippen LogP contribution >= 0.6 is 15.9 Å². The second kappa shape index (κ2) is 5.18. The average molecular weight is 241 g/mol. The first-order chi connectivity index (χ1) is 6.29. The highest BCUT2D eigenvalue weighted by molar-refractivity contribution is 9.09. The molecule has 0 aromatic heterocycles. The topological polar surface area (TPSA) is 17.1 Å². The summed E-state index contributed by atoms with van der Waals surface area (Å²) >= 11 is 3.27. The molecule has 70 valence electrons. The Labute approximate surface area is 87.3 Å². The van der Waals surface area contributed by atoms with Crippen LogP contribution in [-0.2, 0) is 6.42 Å². The fourth-order valence-corrected chi connectivity index (χ4v) is 1.68. The molecule has 0 N–H and O–H groups in total. The zero-order valence-corrected chi connectivity index (χ0v) is 9.30. The van der Waals surface area contributed by atoms with E-state index in [0.29, 0.717) is 6.42 Å². The number of carbonyl (C=O) groups is 1. The Morgan fingerprint density at radius 2 is 2.08 bits per heavy atom. The Morgan fingerprint density at radius 1 is 1.38 bits per heavy atom. The number of carbonyl (C=O) groups excluding carboxylic acids is 1. The van der Waals surface area contributed by atoms with Crippen molar-refractivity contribution in [3.8, 4) is 0 Å². The SMILES string of the molecule is CCc1ccccc1C(=O)CCBr. The first-order valence-corrected chi connectivity index (χ1v) is 5.58. The van der Waals surface area contributed by atoms with Crippen LogP contribution in [0.1, 0.15) is 29.3 Å². The number of Topliss-reactive ketones (excluding diaryl/α,β-unsaturated/α-hetero) is 1. The van der Waals surface area contributed by atoms with Crippen LogP contribution in [0.25, 0.3) is 0 Å². The molecule has 0 saturated carbocycles. The van der Waals surface area contributed by atoms with E-state index in [1.54, 1.807) is 0 Å². The molecule has 0 atom stereocenters. The van der Waals surface area contributed by atoms with E-state index in [1.807, 2.05) is 24.3 Å². The third-order valence-electron chi connectivity index (χ3n) is 2.02. The number of aryl methyl sites for hydroxylation is 1. The van der Waals surface area contributed by atoms with Crippen molar-refractivity contribution in [3.05, 3.63) is 35.4 Å². The molecule has 0 aliphatic rings. The van der Waals surface area contributed by atoms with Gasteiger partial charge in [0.2, 0.25) is 0 Å². The monoisotopic (exact) mass is 240 g/mol. The summed E-state index contributed by atoms with van der Waals surface area (Å²) in [6.07, 6.45) is 1.50. The van der Waals surface area contributed by atoms with Crippen molar-refractivity contribution in [2.75, 3.05) is 5.33 Å². The molecule has 0 bridgehead atoms. The van der Waals surface area contributed by atoms with Crippen LogP contribution < -0.4 is 0 Å². The van der Waals surface area contributed by atoms with Crippen LogP contribution in [0.4, 0.5) is 0 Å². The van der Waals surface area contributed by atoms with Crippen LogP contribution in [0, 0.1) is 0 Å². The maximum atomic E-state index is 11.6. The average Bonchev–Trinajstić information content (AvgIpc) is 2.18. The maximum absolute atomic E-state index is 11.6. The van der Waals surface area contributed by atoms with E-state index >= 15 is 0 Å². The third kappa shape index (κ3) is 2.66. The van der Waals surface area contributed by atoms with Gasteiger partial charge in [-0.1, -0.05) is 47.1 Å². The van der Waals surface area contributed by atoms with Gasteiger partial charge in [0.05, 0.1) is 0 Å². The molecular weight excluding hydrogens is 228 g/mol. The zero-order chi connectivity index (χ0) is 9.68. The molecule has 0 radical (unpaired) electrons. The molecule has 0 fully saturated rings. The van der Waals surface area contributed by atoms with Crippen molar-refractivity contribution in [2.45, 2.75) is 19.8 Å². The van der Waals surface area contributed by atoms with E-state index in [1.165, 1.54) is 0 Å². The molecule has 1 aromatic carbocycles. The lowest BCUT2D eigenvalue weighted by Gasteiger charge is -2.04. The molecule has 0 amide bonds. The normalized spacial score (nSPS) is 10.0. The van der Waals surface area contributed by atoms with Gasteiger partial charge in [0, 0.05) is 17.3 Å². The van der Waals surface area contributed by atoms with Crippen LogP contribution in [0.3, 0.4) is 0 Å². The Balaban J connectivity index is 2.92. The first kappa shape index (κ1) is 10.5. The minimum absolute atomic E-state index is 0.231. The standard InChI is InChI=1S/C11H13BrO/c1-2-9-5-3-4-6-10(9)11(13)7-8-12/h3-6H,2,7-8H2,1H3. The van der Waals surface area contributed by atoms with Crippen LogP contribution in [0.15, 0.2) is 24.3 Å². The van der Waals surface area contributed by atoms with Gasteiger partial charge >= 0.3 is 0 Å². The van der Waals surface area contributed by atoms with E-state index in [2.05, 4.69) is 22.9 Å². The molecule has 0 spiro atoms. The third-order valence-corrected chi connectivity index (χ3v) is 2.42. The second-order valence-corrected chi connectivity index (χ2v) is 3.67. The Morgan fingerprint density at radius 3 is 2.69 bits per heavy atom. The van der Waals surface area contributed by atoms with E-state index in [9.17, 15) is 4.79 Å². The molecule has 2 heteroatoms. The van der Waals surface area contributed by atoms with Crippen LogP contribution in [0.5, 0.6) is 0 Å². The van der Waals surface area contributed by atoms with E-state index in [0.717, 1.165) is 22.9 Å². The van der Waals surface area contributed by atoms with Gasteiger partial charge in [-0.25, -0.2) is 0 Å². The smallest absolute Gasteiger partial charge is 0.163 e. The number of rotatable bonds is 4. The number of alkyl halides is 1. The van der Waals surface area contributed by atoms with Crippen LogP contribution in [0.2, 0.25) is 0 Å². The summed E-state index contributed by atoms with van der Waals surface area (Å²) in [7, 11) is 0. The summed E-state index contributed by atoms with van der Waals surface area (Å²) in [5.74, 6) is 0.231. The largest absolute Gasteiger partial charge is 0.294 e. The van der Waals surface area contributed by atoms with E-state index in [-0.39, 0.29) is 5.78 Å². The highest BCUT2D eigenvalue weighted by Crippen LogP contribution is 2.12. The minimum atomic E-state index is 0.231. The molecular formula is C11H13BrO. The number of hydrogen-bond donors (Lipinski definition) is 0. The fourth-order valence-electron chi connectivity index (χ4n) is 1.32. The molecule has 0 aliphatic carbocycles. The van der Waals surface area contributed by atoms with E-state index in [4.69, 9.17) is 0 Å². The van der Waals surface area contributed by atoms with Gasteiger partial charge in [0.25, 0.3) is 0 Å². The Kier molecular flexibility index (Phi) is 4.16. The van der Waals surface area contributed by atoms with Gasteiger partial charge in [-0.15, -0.1) is 0 Å². The predicted octanol–water partition coefficient (Wildman–Crippen LogP) is 3.22. The highest BCUT2D eigenvalue weighted by Gasteiger charge is 2.07. The lowest BCUT2D eigenvalue weighted by Crippen LogP contribution is -2.03. The number of hydrogen-bond acceptors (Lipinski definition) is 1. The quantitative estimate of drug-likeness (QED) is 0.584. The number of ketones is 1. The molecule has 0 aliphatic heterocycles. The lowest BCUT2D eigenvalue weighted by molar-refractivity contribution is 0.0989. The van der Waals surface area contributed by atoms with Crippen molar-refractivity contribution in [1.82, 2.24) is 0 Å². The number of halogens is 1. The summed E-state index contributed by atoms with van der Waals surface area (Å²) in [5, 5.41) is 0.740. The summed E-state index contributed by atoms with van der Waals surface area (Å²) in [5.41, 5.74) is 2.03. The molecule has 1 rings (SSSR count). The minimum Gasteiger partial charge on any atom is -0.294 e. The second-order valence-electron chi connectivity index (χ2n) is 2.87. The first-order valence-electron chi connectivity index (χ1n) is 4.46. The van der Waals surface area contributed by atoms with Crippen molar-refractivity contribution in [1.29, 1.82) is 0 Å². The Hall–Kier alpha value is -0.630. The van der Waals surface area contributed by atoms with Crippen molar-refractivity contribution in [3.63, 3.8) is 0 Å². The fraction of sp³-hybridized carbons (Fsp3) is 0.364. The molecule has 0 unspecified atom stereocenters. The molecule has 1 nitrogen and oxygen atoms in total. The summed E-state index contributed by atoms with van der Waals surface area (Å²) < 4.78 is 0. The van der Waals surface area contributed by atoms with Gasteiger partial charge in [-0.3, -0.25) is 4.79 Å². The van der Waals surface area contributed by atoms with Crippen molar-refractivity contribution >= 4 is 21.7 Å². The van der Waals surface area contributed by atoms with Gasteiger partial charge in [0.15, 0.2) is 5.78 Å². The van der Waals surface area contributed by atoms with Gasteiger partial charge in [-0.2, -0.15) is 0 Å². The molecule has 13 heavy (non-hydrogen) atoms. The van der Waals surface area contributed by atoms with Crippen LogP contribution in [-0.4, -0.2) is 11.1 Å². The Bertz CT molecular complexity index is 294. The van der Waals surface area contributed by atoms with Gasteiger partial charge in [-0.05, 0) is 12.0 Å². The predicted molar refractivity (Wildman–Crippen MR) is 58.6 cm³/mol. The van der Waals surface area contributed by atoms with E-state index < -0.39 is 0 Å². The van der Waals surface area contributed by atoms with Gasteiger partial charge < -0.3 is 0 Å². The van der Waals surface area contributed by atoms with Crippen molar-refractivity contribution < 1.29 is 4.79 Å². The van der Waals surface area contributed by atoms with Crippen molar-refractivity contribution in [2.24, 2.45) is 0 Å². The summed E-state index contributed by atoms with van der Waals surface area (Å²) in [4.78, 5) is 11.6. The molecule has 0 heterocycles. The summed E-state index contributed by atoms with van der Waals surface area (Å²) in [6, 6.07) is 7.82. The number of benzene rings is 1.